The van der Waals surface area contributed by atoms with Crippen LogP contribution in [0.25, 0.3) is 0 Å². The quantitative estimate of drug-likeness (QED) is 0.730. The van der Waals surface area contributed by atoms with Crippen LogP contribution in [-0.4, -0.2) is 27.9 Å². The first kappa shape index (κ1) is 15.6. The van der Waals surface area contributed by atoms with Gasteiger partial charge in [-0.25, -0.2) is 13.6 Å². The molecule has 0 bridgehead atoms. The molecule has 0 fully saturated rings. The van der Waals surface area contributed by atoms with Gasteiger partial charge in [0.15, 0.2) is 0 Å². The Morgan fingerprint density at radius 2 is 2.05 bits per heavy atom. The minimum absolute atomic E-state index is 0.0188. The predicted octanol–water partition coefficient (Wildman–Crippen LogP) is 0.436. The third kappa shape index (κ3) is 4.30. The molecule has 4 N–H and O–H groups in total. The minimum atomic E-state index is -3.77. The zero-order chi connectivity index (χ0) is 14.6. The van der Waals surface area contributed by atoms with Gasteiger partial charge < -0.3 is 10.6 Å². The molecule has 1 atom stereocenters. The Bertz CT molecular complexity index is 570. The van der Waals surface area contributed by atoms with Crippen LogP contribution in [0.15, 0.2) is 23.1 Å². The molecule has 0 spiro atoms. The van der Waals surface area contributed by atoms with E-state index in [0.29, 0.717) is 12.2 Å². The maximum Gasteiger partial charge on any atom is 0.238 e. The van der Waals surface area contributed by atoms with Crippen LogP contribution in [0.3, 0.4) is 0 Å². The van der Waals surface area contributed by atoms with Gasteiger partial charge in [0.2, 0.25) is 15.9 Å². The first-order chi connectivity index (χ1) is 8.75. The van der Waals surface area contributed by atoms with E-state index in [-0.39, 0.29) is 16.7 Å². The van der Waals surface area contributed by atoms with E-state index in [2.05, 4.69) is 10.6 Å². The Morgan fingerprint density at radius 1 is 1.42 bits per heavy atom. The van der Waals surface area contributed by atoms with E-state index in [4.69, 9.17) is 5.14 Å². The second-order valence-corrected chi connectivity index (χ2v) is 6.03. The summed E-state index contributed by atoms with van der Waals surface area (Å²) in [6.45, 7) is 4.11. The van der Waals surface area contributed by atoms with Crippen molar-refractivity contribution in [2.24, 2.45) is 11.1 Å². The second-order valence-electron chi connectivity index (χ2n) is 4.47. The van der Waals surface area contributed by atoms with Crippen LogP contribution >= 0.6 is 0 Å². The van der Waals surface area contributed by atoms with Crippen molar-refractivity contribution < 1.29 is 13.2 Å². The number of anilines is 1. The third-order valence-corrected chi connectivity index (χ3v) is 3.66. The maximum absolute atomic E-state index is 11.9. The van der Waals surface area contributed by atoms with Crippen LogP contribution in [-0.2, 0) is 14.8 Å². The number of carbonyl (C=O) groups excluding carboxylic acids is 1. The summed E-state index contributed by atoms with van der Waals surface area (Å²) in [5.74, 6) is -0.397. The summed E-state index contributed by atoms with van der Waals surface area (Å²) < 4.78 is 22.5. The molecule has 0 saturated heterocycles. The summed E-state index contributed by atoms with van der Waals surface area (Å²) in [5, 5.41) is 10.7. The second kappa shape index (κ2) is 6.14. The molecule has 6 nitrogen and oxygen atoms in total. The van der Waals surface area contributed by atoms with Crippen molar-refractivity contribution >= 4 is 21.6 Å². The highest BCUT2D eigenvalue weighted by atomic mass is 32.2. The standard InChI is InChI=1S/C12H19N3O3S/c1-8-4-5-10(19(13,17)18)6-11(8)15-12(16)9(2)7-14-3/h4-6,9,14H,7H2,1-3H3,(H,15,16)(H2,13,17,18). The fourth-order valence-electron chi connectivity index (χ4n) is 1.57. The lowest BCUT2D eigenvalue weighted by Gasteiger charge is -2.14. The number of benzene rings is 1. The number of nitrogens with two attached hydrogens (primary N) is 1. The molecule has 0 aliphatic heterocycles. The molecule has 1 aromatic carbocycles. The van der Waals surface area contributed by atoms with Crippen LogP contribution in [0.1, 0.15) is 12.5 Å². The normalized spacial score (nSPS) is 13.1. The molecule has 0 radical (unpaired) electrons. The molecule has 1 rings (SSSR count). The Morgan fingerprint density at radius 3 is 2.58 bits per heavy atom. The Balaban J connectivity index is 2.98. The van der Waals surface area contributed by atoms with E-state index in [1.807, 2.05) is 0 Å². The van der Waals surface area contributed by atoms with E-state index < -0.39 is 10.0 Å². The molecule has 1 amide bonds. The summed E-state index contributed by atoms with van der Waals surface area (Å²) in [5.41, 5.74) is 1.23. The molecule has 0 heterocycles. The highest BCUT2D eigenvalue weighted by Crippen LogP contribution is 2.20. The third-order valence-electron chi connectivity index (χ3n) is 2.75. The zero-order valence-corrected chi connectivity index (χ0v) is 12.0. The van der Waals surface area contributed by atoms with Crippen molar-refractivity contribution in [3.05, 3.63) is 23.8 Å². The van der Waals surface area contributed by atoms with E-state index in [1.165, 1.54) is 12.1 Å². The van der Waals surface area contributed by atoms with E-state index in [0.717, 1.165) is 5.56 Å². The largest absolute Gasteiger partial charge is 0.326 e. The highest BCUT2D eigenvalue weighted by Gasteiger charge is 2.15. The zero-order valence-electron chi connectivity index (χ0n) is 11.2. The first-order valence-electron chi connectivity index (χ1n) is 5.84. The summed E-state index contributed by atoms with van der Waals surface area (Å²) in [7, 11) is -2.01. The Labute approximate surface area is 113 Å². The van der Waals surface area contributed by atoms with Crippen molar-refractivity contribution in [2.45, 2.75) is 18.7 Å². The minimum Gasteiger partial charge on any atom is -0.326 e. The molecule has 0 saturated carbocycles. The number of hydrogen-bond donors (Lipinski definition) is 3. The predicted molar refractivity (Wildman–Crippen MR) is 74.3 cm³/mol. The lowest BCUT2D eigenvalue weighted by Crippen LogP contribution is -2.29. The van der Waals surface area contributed by atoms with Gasteiger partial charge in [0.1, 0.15) is 0 Å². The molecule has 1 unspecified atom stereocenters. The molecular weight excluding hydrogens is 266 g/mol. The van der Waals surface area contributed by atoms with Gasteiger partial charge in [0.25, 0.3) is 0 Å². The number of sulfonamides is 1. The van der Waals surface area contributed by atoms with E-state index in [1.54, 1.807) is 27.0 Å². The number of primary sulfonamides is 1. The van der Waals surface area contributed by atoms with Crippen molar-refractivity contribution in [1.82, 2.24) is 5.32 Å². The average molecular weight is 285 g/mol. The van der Waals surface area contributed by atoms with Crippen LogP contribution in [0.5, 0.6) is 0 Å². The van der Waals surface area contributed by atoms with Crippen molar-refractivity contribution in [3.63, 3.8) is 0 Å². The lowest BCUT2D eigenvalue weighted by molar-refractivity contribution is -0.119. The molecule has 19 heavy (non-hydrogen) atoms. The van der Waals surface area contributed by atoms with Gasteiger partial charge >= 0.3 is 0 Å². The number of aryl methyl sites for hydroxylation is 1. The molecule has 0 aliphatic rings. The van der Waals surface area contributed by atoms with Crippen molar-refractivity contribution in [1.29, 1.82) is 0 Å². The Hall–Kier alpha value is -1.44. The van der Waals surface area contributed by atoms with Crippen molar-refractivity contribution in [2.75, 3.05) is 18.9 Å². The van der Waals surface area contributed by atoms with Crippen LogP contribution < -0.4 is 15.8 Å². The molecule has 106 valence electrons. The molecule has 0 aliphatic carbocycles. The average Bonchev–Trinajstić information content (AvgIpc) is 2.30. The summed E-state index contributed by atoms with van der Waals surface area (Å²) in [6, 6.07) is 4.39. The van der Waals surface area contributed by atoms with Crippen LogP contribution in [0.2, 0.25) is 0 Å². The van der Waals surface area contributed by atoms with Gasteiger partial charge in [-0.3, -0.25) is 4.79 Å². The summed E-state index contributed by atoms with van der Waals surface area (Å²) >= 11 is 0. The number of carbonyl (C=O) groups is 1. The SMILES string of the molecule is CNCC(C)C(=O)Nc1cc(S(N)(=O)=O)ccc1C. The topological polar surface area (TPSA) is 101 Å². The van der Waals surface area contributed by atoms with E-state index >= 15 is 0 Å². The van der Waals surface area contributed by atoms with Gasteiger partial charge in [0.05, 0.1) is 4.90 Å². The number of hydrogen-bond acceptors (Lipinski definition) is 4. The van der Waals surface area contributed by atoms with Gasteiger partial charge in [-0.15, -0.1) is 0 Å². The maximum atomic E-state index is 11.9. The summed E-state index contributed by atoms with van der Waals surface area (Å²) in [6.07, 6.45) is 0. The Kier molecular flexibility index (Phi) is 5.04. The van der Waals surface area contributed by atoms with Gasteiger partial charge in [-0.2, -0.15) is 0 Å². The van der Waals surface area contributed by atoms with Gasteiger partial charge in [-0.05, 0) is 31.7 Å². The fourth-order valence-corrected chi connectivity index (χ4v) is 2.11. The van der Waals surface area contributed by atoms with E-state index in [9.17, 15) is 13.2 Å². The van der Waals surface area contributed by atoms with Crippen LogP contribution in [0.4, 0.5) is 5.69 Å². The number of nitrogens with one attached hydrogen (secondary N) is 2. The lowest BCUT2D eigenvalue weighted by atomic mass is 10.1. The first-order valence-corrected chi connectivity index (χ1v) is 7.39. The molecule has 0 aromatic heterocycles. The highest BCUT2D eigenvalue weighted by molar-refractivity contribution is 7.89. The van der Waals surface area contributed by atoms with Gasteiger partial charge in [0, 0.05) is 18.2 Å². The summed E-state index contributed by atoms with van der Waals surface area (Å²) in [4.78, 5) is 11.9. The monoisotopic (exact) mass is 285 g/mol. The smallest absolute Gasteiger partial charge is 0.238 e. The van der Waals surface area contributed by atoms with Crippen LogP contribution in [0, 0.1) is 12.8 Å². The molecular formula is C12H19N3O3S. The fraction of sp³-hybridized carbons (Fsp3) is 0.417. The number of amides is 1. The molecule has 1 aromatic rings. The number of rotatable bonds is 5. The molecule has 7 heteroatoms. The van der Waals surface area contributed by atoms with Crippen molar-refractivity contribution in [3.8, 4) is 0 Å². The van der Waals surface area contributed by atoms with Gasteiger partial charge in [-0.1, -0.05) is 13.0 Å².